The molecule has 1 aliphatic rings. The molecule has 0 spiro atoms. The number of halogens is 1. The molecule has 0 amide bonds. The second kappa shape index (κ2) is 6.60. The lowest BCUT2D eigenvalue weighted by atomic mass is 9.99. The SMILES string of the molecule is COc1cc2c(-c3ccc4[nH]c(C)cc4c3F)cc(=O)[nH]c2cc1OCC1(N)CC1. The van der Waals surface area contributed by atoms with Crippen molar-refractivity contribution in [3.05, 3.63) is 58.3 Å². The van der Waals surface area contributed by atoms with E-state index in [4.69, 9.17) is 15.2 Å². The zero-order chi connectivity index (χ0) is 21.0. The minimum Gasteiger partial charge on any atom is -0.493 e. The van der Waals surface area contributed by atoms with Crippen molar-refractivity contribution in [3.8, 4) is 22.6 Å². The molecule has 0 bridgehead atoms. The minimum absolute atomic E-state index is 0.289. The molecular weight excluding hydrogens is 385 g/mol. The van der Waals surface area contributed by atoms with Gasteiger partial charge in [-0.05, 0) is 49.6 Å². The Morgan fingerprint density at radius 2 is 1.83 bits per heavy atom. The van der Waals surface area contributed by atoms with Gasteiger partial charge in [0.15, 0.2) is 11.5 Å². The molecule has 5 rings (SSSR count). The zero-order valence-electron chi connectivity index (χ0n) is 16.8. The monoisotopic (exact) mass is 407 g/mol. The van der Waals surface area contributed by atoms with E-state index in [9.17, 15) is 4.79 Å². The number of aromatic nitrogens is 2. The van der Waals surface area contributed by atoms with Crippen LogP contribution in [-0.2, 0) is 0 Å². The van der Waals surface area contributed by atoms with Crippen molar-refractivity contribution in [1.82, 2.24) is 9.97 Å². The number of benzene rings is 2. The molecule has 7 heteroatoms. The molecule has 0 aliphatic heterocycles. The lowest BCUT2D eigenvalue weighted by Gasteiger charge is -2.16. The van der Waals surface area contributed by atoms with E-state index < -0.39 is 0 Å². The Balaban J connectivity index is 1.69. The smallest absolute Gasteiger partial charge is 0.249 e. The summed E-state index contributed by atoms with van der Waals surface area (Å²) in [5.41, 5.74) is 8.48. The topological polar surface area (TPSA) is 93.1 Å². The van der Waals surface area contributed by atoms with Crippen LogP contribution in [0.2, 0.25) is 0 Å². The standard InChI is InChI=1S/C23H22FN3O3/c1-12-7-16-17(26-12)4-3-13(22(16)24)14-9-21(28)27-18-10-20(19(29-2)8-15(14)18)30-11-23(25)5-6-23/h3-4,7-10,26H,5-6,11,25H2,1-2H3,(H,27,28). The molecule has 1 aliphatic carbocycles. The predicted molar refractivity (Wildman–Crippen MR) is 115 cm³/mol. The molecule has 2 aromatic heterocycles. The Hall–Kier alpha value is -3.32. The van der Waals surface area contributed by atoms with E-state index in [1.54, 1.807) is 31.4 Å². The Kier molecular flexibility index (Phi) is 4.11. The average Bonchev–Trinajstić information content (AvgIpc) is 3.32. The minimum atomic E-state index is -0.373. The van der Waals surface area contributed by atoms with Crippen molar-refractivity contribution in [2.75, 3.05) is 13.7 Å². The summed E-state index contributed by atoms with van der Waals surface area (Å²) in [6.07, 6.45) is 1.84. The summed E-state index contributed by atoms with van der Waals surface area (Å²) in [5.74, 6) is 0.618. The molecule has 1 saturated carbocycles. The van der Waals surface area contributed by atoms with Gasteiger partial charge in [-0.15, -0.1) is 0 Å². The van der Waals surface area contributed by atoms with Gasteiger partial charge in [0, 0.05) is 39.7 Å². The largest absolute Gasteiger partial charge is 0.493 e. The summed E-state index contributed by atoms with van der Waals surface area (Å²) < 4.78 is 26.7. The van der Waals surface area contributed by atoms with Crippen LogP contribution in [0.1, 0.15) is 18.5 Å². The molecule has 0 saturated heterocycles. The van der Waals surface area contributed by atoms with Crippen molar-refractivity contribution in [2.45, 2.75) is 25.3 Å². The first-order valence-corrected chi connectivity index (χ1v) is 9.82. The number of hydrogen-bond acceptors (Lipinski definition) is 4. The second-order valence-electron chi connectivity index (χ2n) is 8.09. The van der Waals surface area contributed by atoms with Crippen LogP contribution in [0.3, 0.4) is 0 Å². The van der Waals surface area contributed by atoms with E-state index in [1.807, 2.05) is 13.0 Å². The number of rotatable bonds is 5. The number of methoxy groups -OCH3 is 1. The van der Waals surface area contributed by atoms with Crippen molar-refractivity contribution in [2.24, 2.45) is 5.73 Å². The molecule has 6 nitrogen and oxygen atoms in total. The van der Waals surface area contributed by atoms with Gasteiger partial charge in [-0.25, -0.2) is 4.39 Å². The first kappa shape index (κ1) is 18.7. The van der Waals surface area contributed by atoms with Crippen molar-refractivity contribution in [3.63, 3.8) is 0 Å². The molecule has 30 heavy (non-hydrogen) atoms. The molecule has 4 aromatic rings. The fourth-order valence-corrected chi connectivity index (χ4v) is 3.80. The number of ether oxygens (including phenoxy) is 2. The number of H-pyrrole nitrogens is 2. The van der Waals surface area contributed by atoms with Crippen molar-refractivity contribution < 1.29 is 13.9 Å². The number of aryl methyl sites for hydroxylation is 1. The maximum absolute atomic E-state index is 15.3. The maximum atomic E-state index is 15.3. The Bertz CT molecular complexity index is 1350. The van der Waals surface area contributed by atoms with Crippen LogP contribution in [0.15, 0.2) is 41.2 Å². The van der Waals surface area contributed by atoms with Gasteiger partial charge >= 0.3 is 0 Å². The molecule has 0 radical (unpaired) electrons. The van der Waals surface area contributed by atoms with Crippen molar-refractivity contribution >= 4 is 21.8 Å². The summed E-state index contributed by atoms with van der Waals surface area (Å²) in [7, 11) is 1.55. The molecule has 154 valence electrons. The molecule has 4 N–H and O–H groups in total. The predicted octanol–water partition coefficient (Wildman–Crippen LogP) is 4.00. The van der Waals surface area contributed by atoms with Crippen LogP contribution >= 0.6 is 0 Å². The molecule has 0 atom stereocenters. The summed E-state index contributed by atoms with van der Waals surface area (Å²) in [5, 5.41) is 1.15. The van der Waals surface area contributed by atoms with Crippen LogP contribution in [0.25, 0.3) is 32.9 Å². The van der Waals surface area contributed by atoms with Gasteiger partial charge in [0.2, 0.25) is 5.56 Å². The number of fused-ring (bicyclic) bond motifs is 2. The number of hydrogen-bond donors (Lipinski definition) is 3. The summed E-state index contributed by atoms with van der Waals surface area (Å²) in [6.45, 7) is 2.25. The van der Waals surface area contributed by atoms with E-state index in [1.165, 1.54) is 6.07 Å². The second-order valence-corrected chi connectivity index (χ2v) is 8.09. The van der Waals surface area contributed by atoms with Crippen LogP contribution in [0.4, 0.5) is 4.39 Å². The first-order valence-electron chi connectivity index (χ1n) is 9.82. The van der Waals surface area contributed by atoms with E-state index in [0.29, 0.717) is 51.0 Å². The van der Waals surface area contributed by atoms with Gasteiger partial charge < -0.3 is 25.2 Å². The van der Waals surface area contributed by atoms with Crippen LogP contribution < -0.4 is 20.8 Å². The third-order valence-electron chi connectivity index (χ3n) is 5.70. The highest BCUT2D eigenvalue weighted by atomic mass is 19.1. The van der Waals surface area contributed by atoms with E-state index in [0.717, 1.165) is 18.5 Å². The first-order chi connectivity index (χ1) is 14.4. The van der Waals surface area contributed by atoms with E-state index in [2.05, 4.69) is 9.97 Å². The fourth-order valence-electron chi connectivity index (χ4n) is 3.80. The molecule has 1 fully saturated rings. The highest BCUT2D eigenvalue weighted by molar-refractivity contribution is 5.98. The maximum Gasteiger partial charge on any atom is 0.249 e. The Labute approximate surface area is 171 Å². The van der Waals surface area contributed by atoms with Gasteiger partial charge in [-0.3, -0.25) is 4.79 Å². The highest BCUT2D eigenvalue weighted by Gasteiger charge is 2.39. The van der Waals surface area contributed by atoms with Gasteiger partial charge in [-0.1, -0.05) is 0 Å². The van der Waals surface area contributed by atoms with Gasteiger partial charge in [0.1, 0.15) is 12.4 Å². The molecular formula is C23H22FN3O3. The fraction of sp³-hybridized carbons (Fsp3) is 0.261. The Morgan fingerprint density at radius 1 is 1.03 bits per heavy atom. The van der Waals surface area contributed by atoms with Crippen LogP contribution in [0, 0.1) is 12.7 Å². The lowest BCUT2D eigenvalue weighted by Crippen LogP contribution is -2.29. The quantitative estimate of drug-likeness (QED) is 0.466. The number of nitrogens with one attached hydrogen (secondary N) is 2. The summed E-state index contributed by atoms with van der Waals surface area (Å²) in [4.78, 5) is 18.3. The van der Waals surface area contributed by atoms with Crippen LogP contribution in [0.5, 0.6) is 11.5 Å². The van der Waals surface area contributed by atoms with Crippen LogP contribution in [-0.4, -0.2) is 29.2 Å². The third-order valence-corrected chi connectivity index (χ3v) is 5.70. The summed E-state index contributed by atoms with van der Waals surface area (Å²) in [6, 6.07) is 10.1. The van der Waals surface area contributed by atoms with Gasteiger partial charge in [0.05, 0.1) is 18.2 Å². The lowest BCUT2D eigenvalue weighted by molar-refractivity contribution is 0.264. The number of aromatic amines is 2. The number of pyridine rings is 1. The normalized spacial score (nSPS) is 14.9. The zero-order valence-corrected chi connectivity index (χ0v) is 16.8. The van der Waals surface area contributed by atoms with Gasteiger partial charge in [0.25, 0.3) is 0 Å². The number of nitrogens with two attached hydrogens (primary N) is 1. The van der Waals surface area contributed by atoms with E-state index in [-0.39, 0.29) is 16.9 Å². The third kappa shape index (κ3) is 3.11. The van der Waals surface area contributed by atoms with E-state index >= 15 is 4.39 Å². The molecule has 2 aromatic carbocycles. The average molecular weight is 407 g/mol. The van der Waals surface area contributed by atoms with Gasteiger partial charge in [-0.2, -0.15) is 0 Å². The van der Waals surface area contributed by atoms with Crippen molar-refractivity contribution in [1.29, 1.82) is 0 Å². The Morgan fingerprint density at radius 3 is 2.57 bits per heavy atom. The summed E-state index contributed by atoms with van der Waals surface area (Å²) >= 11 is 0. The highest BCUT2D eigenvalue weighted by Crippen LogP contribution is 2.39. The molecule has 2 heterocycles. The molecule has 0 unspecified atom stereocenters.